The first-order chi connectivity index (χ1) is 18.8. The summed E-state index contributed by atoms with van der Waals surface area (Å²) in [7, 11) is 0. The summed E-state index contributed by atoms with van der Waals surface area (Å²) in [6, 6.07) is 16.6. The first-order valence-electron chi connectivity index (χ1n) is 15.2. The minimum atomic E-state index is 0.327. The van der Waals surface area contributed by atoms with Gasteiger partial charge < -0.3 is 19.7 Å². The van der Waals surface area contributed by atoms with Gasteiger partial charge >= 0.3 is 0 Å². The molecule has 2 N–H and O–H groups in total. The summed E-state index contributed by atoms with van der Waals surface area (Å²) in [5.41, 5.74) is 2.32. The first-order valence-corrected chi connectivity index (χ1v) is 15.2. The highest BCUT2D eigenvalue weighted by Crippen LogP contribution is 2.18. The second-order valence-electron chi connectivity index (χ2n) is 10.3. The molecule has 0 aromatic heterocycles. The molecule has 0 bridgehead atoms. The van der Waals surface area contributed by atoms with Gasteiger partial charge in [-0.2, -0.15) is 0 Å². The van der Waals surface area contributed by atoms with Crippen molar-refractivity contribution < 1.29 is 19.7 Å². The Labute approximate surface area is 232 Å². The predicted molar refractivity (Wildman–Crippen MR) is 161 cm³/mol. The van der Waals surface area contributed by atoms with Gasteiger partial charge in [0.25, 0.3) is 0 Å². The Hall–Kier alpha value is -2.30. The third kappa shape index (κ3) is 16.5. The molecule has 4 nitrogen and oxygen atoms in total. The molecule has 0 radical (unpaired) electrons. The zero-order valence-corrected chi connectivity index (χ0v) is 23.6. The minimum Gasteiger partial charge on any atom is -0.494 e. The number of aliphatic hydroxyl groups excluding tert-OH is 2. The van der Waals surface area contributed by atoms with Crippen LogP contribution in [0, 0.1) is 0 Å². The van der Waals surface area contributed by atoms with Crippen LogP contribution >= 0.6 is 0 Å². The standard InChI is InChI=1S/C34H52O4/c35-27-13-9-5-1-3-7-11-15-29-37-33-23-19-31(20-24-33)17-18-32-21-25-34(26-22-32)38-30-16-12-8-4-2-6-10-14-28-36/h17-26,35-36H,1-16,27-30H2/b18-17+. The topological polar surface area (TPSA) is 58.9 Å². The monoisotopic (exact) mass is 524 g/mol. The highest BCUT2D eigenvalue weighted by atomic mass is 16.5. The summed E-state index contributed by atoms with van der Waals surface area (Å²) in [6.45, 7) is 2.21. The van der Waals surface area contributed by atoms with Crippen LogP contribution in [0.1, 0.15) is 114 Å². The van der Waals surface area contributed by atoms with Crippen molar-refractivity contribution in [3.63, 3.8) is 0 Å². The van der Waals surface area contributed by atoms with Gasteiger partial charge in [-0.1, -0.05) is 113 Å². The maximum atomic E-state index is 8.79. The minimum absolute atomic E-state index is 0.327. The Kier molecular flexibility index (Phi) is 19.0. The van der Waals surface area contributed by atoms with Gasteiger partial charge in [0, 0.05) is 13.2 Å². The molecule has 0 spiro atoms. The molecular formula is C34H52O4. The van der Waals surface area contributed by atoms with Gasteiger partial charge in [0.2, 0.25) is 0 Å². The van der Waals surface area contributed by atoms with Gasteiger partial charge in [-0.05, 0) is 61.1 Å². The highest BCUT2D eigenvalue weighted by molar-refractivity contribution is 5.70. The van der Waals surface area contributed by atoms with Crippen LogP contribution in [-0.4, -0.2) is 36.6 Å². The summed E-state index contributed by atoms with van der Waals surface area (Å²) < 4.78 is 11.8. The Balaban J connectivity index is 1.53. The maximum absolute atomic E-state index is 8.79. The zero-order chi connectivity index (χ0) is 26.9. The fraction of sp³-hybridized carbons (Fsp3) is 0.588. The molecule has 0 atom stereocenters. The molecule has 4 heteroatoms. The van der Waals surface area contributed by atoms with Crippen LogP contribution in [-0.2, 0) is 0 Å². The lowest BCUT2D eigenvalue weighted by Gasteiger charge is -2.07. The predicted octanol–water partition coefficient (Wildman–Crippen LogP) is 8.84. The van der Waals surface area contributed by atoms with E-state index in [1.54, 1.807) is 0 Å². The average Bonchev–Trinajstić information content (AvgIpc) is 2.95. The van der Waals surface area contributed by atoms with Gasteiger partial charge in [0.05, 0.1) is 13.2 Å². The third-order valence-electron chi connectivity index (χ3n) is 6.87. The Morgan fingerprint density at radius 3 is 1.00 bits per heavy atom. The molecular weight excluding hydrogens is 472 g/mol. The van der Waals surface area contributed by atoms with Crippen LogP contribution in [0.2, 0.25) is 0 Å². The molecule has 0 fully saturated rings. The van der Waals surface area contributed by atoms with E-state index in [1.165, 1.54) is 64.2 Å². The van der Waals surface area contributed by atoms with E-state index in [9.17, 15) is 0 Å². The van der Waals surface area contributed by atoms with Gasteiger partial charge in [0.1, 0.15) is 11.5 Å². The van der Waals surface area contributed by atoms with Crippen LogP contribution in [0.3, 0.4) is 0 Å². The number of hydrogen-bond donors (Lipinski definition) is 2. The molecule has 212 valence electrons. The van der Waals surface area contributed by atoms with Crippen molar-refractivity contribution in [1.82, 2.24) is 0 Å². The van der Waals surface area contributed by atoms with Crippen molar-refractivity contribution in [2.45, 2.75) is 103 Å². The molecule has 38 heavy (non-hydrogen) atoms. The van der Waals surface area contributed by atoms with E-state index in [0.29, 0.717) is 13.2 Å². The zero-order valence-electron chi connectivity index (χ0n) is 23.6. The van der Waals surface area contributed by atoms with Crippen molar-refractivity contribution in [2.75, 3.05) is 26.4 Å². The molecule has 0 saturated heterocycles. The van der Waals surface area contributed by atoms with E-state index in [-0.39, 0.29) is 0 Å². The average molecular weight is 525 g/mol. The number of ether oxygens (including phenoxy) is 2. The van der Waals surface area contributed by atoms with E-state index in [4.69, 9.17) is 19.7 Å². The van der Waals surface area contributed by atoms with E-state index < -0.39 is 0 Å². The van der Waals surface area contributed by atoms with Crippen molar-refractivity contribution in [3.05, 3.63) is 59.7 Å². The molecule has 2 aromatic rings. The van der Waals surface area contributed by atoms with Crippen LogP contribution in [0.5, 0.6) is 11.5 Å². The van der Waals surface area contributed by atoms with Gasteiger partial charge in [0.15, 0.2) is 0 Å². The molecule has 2 aromatic carbocycles. The van der Waals surface area contributed by atoms with Gasteiger partial charge in [-0.25, -0.2) is 0 Å². The Morgan fingerprint density at radius 1 is 0.395 bits per heavy atom. The fourth-order valence-corrected chi connectivity index (χ4v) is 4.47. The molecule has 0 saturated carbocycles. The quantitative estimate of drug-likeness (QED) is 0.106. The van der Waals surface area contributed by atoms with E-state index in [0.717, 1.165) is 74.4 Å². The lowest BCUT2D eigenvalue weighted by atomic mass is 10.1. The SMILES string of the molecule is OCCCCCCCCCCOc1ccc(/C=C/c2ccc(OCCCCCCCCCCO)cc2)cc1. The van der Waals surface area contributed by atoms with Gasteiger partial charge in [-0.3, -0.25) is 0 Å². The van der Waals surface area contributed by atoms with Crippen molar-refractivity contribution in [2.24, 2.45) is 0 Å². The van der Waals surface area contributed by atoms with Gasteiger partial charge in [-0.15, -0.1) is 0 Å². The summed E-state index contributed by atoms with van der Waals surface area (Å²) in [5.74, 6) is 1.87. The van der Waals surface area contributed by atoms with Crippen LogP contribution in [0.4, 0.5) is 0 Å². The smallest absolute Gasteiger partial charge is 0.119 e. The molecule has 2 rings (SSSR count). The summed E-state index contributed by atoms with van der Waals surface area (Å²) in [5, 5.41) is 17.6. The molecule has 0 heterocycles. The first kappa shape index (κ1) is 31.9. The number of unbranched alkanes of at least 4 members (excludes halogenated alkanes) is 14. The number of aliphatic hydroxyl groups is 2. The summed E-state index contributed by atoms with van der Waals surface area (Å²) in [4.78, 5) is 0. The maximum Gasteiger partial charge on any atom is 0.119 e. The second-order valence-corrected chi connectivity index (χ2v) is 10.3. The number of hydrogen-bond acceptors (Lipinski definition) is 4. The molecule has 0 aliphatic heterocycles. The van der Waals surface area contributed by atoms with Crippen LogP contribution in [0.15, 0.2) is 48.5 Å². The van der Waals surface area contributed by atoms with E-state index >= 15 is 0 Å². The molecule has 0 aliphatic rings. The lowest BCUT2D eigenvalue weighted by Crippen LogP contribution is -1.97. The normalized spacial score (nSPS) is 11.3. The van der Waals surface area contributed by atoms with E-state index in [1.807, 2.05) is 0 Å². The summed E-state index contributed by atoms with van der Waals surface area (Å²) >= 11 is 0. The Bertz CT molecular complexity index is 744. The second kappa shape index (κ2) is 22.7. The number of rotatable bonds is 24. The van der Waals surface area contributed by atoms with Crippen LogP contribution < -0.4 is 9.47 Å². The molecule has 0 aliphatic carbocycles. The Morgan fingerprint density at radius 2 is 0.684 bits per heavy atom. The van der Waals surface area contributed by atoms with Crippen molar-refractivity contribution >= 4 is 12.2 Å². The number of benzene rings is 2. The fourth-order valence-electron chi connectivity index (χ4n) is 4.47. The summed E-state index contributed by atoms with van der Waals surface area (Å²) in [6.07, 6.45) is 23.3. The van der Waals surface area contributed by atoms with Crippen LogP contribution in [0.25, 0.3) is 12.2 Å². The van der Waals surface area contributed by atoms with Crippen molar-refractivity contribution in [1.29, 1.82) is 0 Å². The largest absolute Gasteiger partial charge is 0.494 e. The highest BCUT2D eigenvalue weighted by Gasteiger charge is 1.98. The third-order valence-corrected chi connectivity index (χ3v) is 6.87. The molecule has 0 amide bonds. The lowest BCUT2D eigenvalue weighted by molar-refractivity contribution is 0.281. The van der Waals surface area contributed by atoms with Crippen molar-refractivity contribution in [3.8, 4) is 11.5 Å². The van der Waals surface area contributed by atoms with E-state index in [2.05, 4.69) is 60.7 Å². The molecule has 0 unspecified atom stereocenters.